The predicted octanol–water partition coefficient (Wildman–Crippen LogP) is 0.240. The van der Waals surface area contributed by atoms with Gasteiger partial charge in [0.15, 0.2) is 6.61 Å². The third-order valence-corrected chi connectivity index (χ3v) is 2.40. The van der Waals surface area contributed by atoms with E-state index >= 15 is 0 Å². The van der Waals surface area contributed by atoms with E-state index in [4.69, 9.17) is 4.74 Å². The SMILES string of the molecule is CCOC(=O)C=CC(=O)NNC(=O)COc1ccc([N+](=O)[O-])cc1. The van der Waals surface area contributed by atoms with Crippen molar-refractivity contribution in [2.24, 2.45) is 0 Å². The number of benzene rings is 1. The van der Waals surface area contributed by atoms with Gasteiger partial charge in [0.2, 0.25) is 0 Å². The van der Waals surface area contributed by atoms with Gasteiger partial charge in [0.1, 0.15) is 5.75 Å². The van der Waals surface area contributed by atoms with Crippen molar-refractivity contribution in [3.05, 3.63) is 46.5 Å². The zero-order valence-corrected chi connectivity index (χ0v) is 12.7. The van der Waals surface area contributed by atoms with Crippen LogP contribution in [0.2, 0.25) is 0 Å². The quantitative estimate of drug-likeness (QED) is 0.315. The highest BCUT2D eigenvalue weighted by atomic mass is 16.6. The highest BCUT2D eigenvalue weighted by Gasteiger charge is 2.07. The smallest absolute Gasteiger partial charge is 0.330 e. The van der Waals surface area contributed by atoms with Crippen molar-refractivity contribution in [1.29, 1.82) is 0 Å². The number of amides is 2. The summed E-state index contributed by atoms with van der Waals surface area (Å²) in [6.45, 7) is 1.39. The lowest BCUT2D eigenvalue weighted by Gasteiger charge is -2.07. The number of hydrogen-bond acceptors (Lipinski definition) is 7. The van der Waals surface area contributed by atoms with Gasteiger partial charge in [-0.1, -0.05) is 0 Å². The number of carbonyl (C=O) groups excluding carboxylic acids is 3. The van der Waals surface area contributed by atoms with Crippen molar-refractivity contribution in [2.75, 3.05) is 13.2 Å². The lowest BCUT2D eigenvalue weighted by molar-refractivity contribution is -0.384. The van der Waals surface area contributed by atoms with Crippen molar-refractivity contribution in [1.82, 2.24) is 10.9 Å². The molecule has 0 unspecified atom stereocenters. The Hall–Kier alpha value is -3.43. The average molecular weight is 337 g/mol. The molecular formula is C14H15N3O7. The second-order valence-electron chi connectivity index (χ2n) is 4.16. The van der Waals surface area contributed by atoms with E-state index < -0.39 is 29.3 Å². The molecule has 0 aliphatic rings. The monoisotopic (exact) mass is 337 g/mol. The van der Waals surface area contributed by atoms with Gasteiger partial charge in [-0.2, -0.15) is 0 Å². The van der Waals surface area contributed by atoms with Crippen LogP contribution in [-0.4, -0.2) is 35.9 Å². The van der Waals surface area contributed by atoms with Crippen LogP contribution in [0, 0.1) is 10.1 Å². The van der Waals surface area contributed by atoms with E-state index in [1.807, 2.05) is 5.43 Å². The molecular weight excluding hydrogens is 322 g/mol. The lowest BCUT2D eigenvalue weighted by atomic mass is 10.3. The van der Waals surface area contributed by atoms with Gasteiger partial charge in [-0.3, -0.25) is 30.6 Å². The third kappa shape index (κ3) is 7.02. The first-order valence-electron chi connectivity index (χ1n) is 6.73. The molecule has 0 aliphatic heterocycles. The number of ether oxygens (including phenoxy) is 2. The summed E-state index contributed by atoms with van der Waals surface area (Å²) in [5, 5.41) is 10.5. The van der Waals surface area contributed by atoms with Gasteiger partial charge in [-0.25, -0.2) is 4.79 Å². The number of carbonyl (C=O) groups is 3. The van der Waals surface area contributed by atoms with E-state index in [9.17, 15) is 24.5 Å². The van der Waals surface area contributed by atoms with Crippen LogP contribution in [0.25, 0.3) is 0 Å². The largest absolute Gasteiger partial charge is 0.484 e. The zero-order chi connectivity index (χ0) is 17.9. The van der Waals surface area contributed by atoms with E-state index in [1.165, 1.54) is 24.3 Å². The summed E-state index contributed by atoms with van der Waals surface area (Å²) in [7, 11) is 0. The molecule has 1 rings (SSSR count). The number of nitro benzene ring substituents is 1. The Kier molecular flexibility index (Phi) is 7.42. The molecule has 10 heteroatoms. The predicted molar refractivity (Wildman–Crippen MR) is 80.6 cm³/mol. The molecule has 2 N–H and O–H groups in total. The molecule has 0 aromatic heterocycles. The fourth-order valence-corrected chi connectivity index (χ4v) is 1.36. The Morgan fingerprint density at radius 2 is 1.83 bits per heavy atom. The van der Waals surface area contributed by atoms with Crippen molar-refractivity contribution in [2.45, 2.75) is 6.92 Å². The number of nitrogens with one attached hydrogen (secondary N) is 2. The molecule has 24 heavy (non-hydrogen) atoms. The van der Waals surface area contributed by atoms with Crippen LogP contribution in [0.3, 0.4) is 0 Å². The van der Waals surface area contributed by atoms with Crippen LogP contribution in [0.15, 0.2) is 36.4 Å². The fraction of sp³-hybridized carbons (Fsp3) is 0.214. The van der Waals surface area contributed by atoms with Crippen LogP contribution in [-0.2, 0) is 19.1 Å². The Balaban J connectivity index is 2.32. The van der Waals surface area contributed by atoms with Crippen LogP contribution in [0.4, 0.5) is 5.69 Å². The van der Waals surface area contributed by atoms with Crippen LogP contribution in [0.5, 0.6) is 5.75 Å². The minimum Gasteiger partial charge on any atom is -0.484 e. The van der Waals surface area contributed by atoms with Crippen LogP contribution < -0.4 is 15.6 Å². The van der Waals surface area contributed by atoms with Crippen molar-refractivity contribution < 1.29 is 28.8 Å². The molecule has 0 atom stereocenters. The fourth-order valence-electron chi connectivity index (χ4n) is 1.36. The Labute approximate surface area is 136 Å². The van der Waals surface area contributed by atoms with Gasteiger partial charge < -0.3 is 9.47 Å². The van der Waals surface area contributed by atoms with Gasteiger partial charge in [0.25, 0.3) is 17.5 Å². The highest BCUT2D eigenvalue weighted by Crippen LogP contribution is 2.16. The summed E-state index contributed by atoms with van der Waals surface area (Å²) in [4.78, 5) is 43.7. The first-order valence-corrected chi connectivity index (χ1v) is 6.73. The van der Waals surface area contributed by atoms with Gasteiger partial charge in [0.05, 0.1) is 11.5 Å². The number of hydrogen-bond donors (Lipinski definition) is 2. The minimum atomic E-state index is -0.730. The second-order valence-corrected chi connectivity index (χ2v) is 4.16. The Morgan fingerprint density at radius 3 is 2.42 bits per heavy atom. The van der Waals surface area contributed by atoms with E-state index in [-0.39, 0.29) is 18.0 Å². The molecule has 0 saturated carbocycles. The molecule has 1 aromatic carbocycles. The summed E-state index contributed by atoms with van der Waals surface area (Å²) in [6.07, 6.45) is 1.81. The molecule has 0 spiro atoms. The topological polar surface area (TPSA) is 137 Å². The summed E-state index contributed by atoms with van der Waals surface area (Å²) in [6, 6.07) is 5.14. The summed E-state index contributed by atoms with van der Waals surface area (Å²) < 4.78 is 9.66. The maximum Gasteiger partial charge on any atom is 0.330 e. The van der Waals surface area contributed by atoms with Gasteiger partial charge in [0, 0.05) is 24.3 Å². The Morgan fingerprint density at radius 1 is 1.17 bits per heavy atom. The molecule has 0 heterocycles. The first-order chi connectivity index (χ1) is 11.4. The number of nitrogens with zero attached hydrogens (tertiary/aromatic N) is 1. The lowest BCUT2D eigenvalue weighted by Crippen LogP contribution is -2.43. The average Bonchev–Trinajstić information content (AvgIpc) is 2.56. The van der Waals surface area contributed by atoms with Gasteiger partial charge in [-0.15, -0.1) is 0 Å². The third-order valence-electron chi connectivity index (χ3n) is 2.40. The molecule has 0 radical (unpaired) electrons. The number of non-ortho nitro benzene ring substituents is 1. The Bertz CT molecular complexity index is 640. The number of esters is 1. The van der Waals surface area contributed by atoms with Crippen molar-refractivity contribution in [3.8, 4) is 5.75 Å². The van der Waals surface area contributed by atoms with E-state index in [0.29, 0.717) is 0 Å². The van der Waals surface area contributed by atoms with Crippen LogP contribution in [0.1, 0.15) is 6.92 Å². The molecule has 1 aromatic rings. The number of rotatable bonds is 7. The normalized spacial score (nSPS) is 10.0. The molecule has 0 saturated heterocycles. The van der Waals surface area contributed by atoms with Crippen molar-refractivity contribution >= 4 is 23.5 Å². The molecule has 10 nitrogen and oxygen atoms in total. The summed E-state index contributed by atoms with van der Waals surface area (Å²) in [5.74, 6) is -1.82. The molecule has 0 fully saturated rings. The summed E-state index contributed by atoms with van der Waals surface area (Å²) in [5.41, 5.74) is 4.00. The first kappa shape index (κ1) is 18.6. The van der Waals surface area contributed by atoms with E-state index in [1.54, 1.807) is 6.92 Å². The van der Waals surface area contributed by atoms with E-state index in [0.717, 1.165) is 12.2 Å². The molecule has 2 amide bonds. The van der Waals surface area contributed by atoms with Crippen molar-refractivity contribution in [3.63, 3.8) is 0 Å². The number of hydrazine groups is 1. The summed E-state index contributed by atoms with van der Waals surface area (Å²) >= 11 is 0. The second kappa shape index (κ2) is 9.56. The molecule has 0 bridgehead atoms. The minimum absolute atomic E-state index is 0.104. The maximum absolute atomic E-state index is 11.5. The molecule has 0 aliphatic carbocycles. The number of nitro groups is 1. The van der Waals surface area contributed by atoms with E-state index in [2.05, 4.69) is 10.2 Å². The zero-order valence-electron chi connectivity index (χ0n) is 12.7. The van der Waals surface area contributed by atoms with Crippen LogP contribution >= 0.6 is 0 Å². The van der Waals surface area contributed by atoms with Gasteiger partial charge in [-0.05, 0) is 19.1 Å². The maximum atomic E-state index is 11.5. The highest BCUT2D eigenvalue weighted by molar-refractivity contribution is 5.95. The standard InChI is InChI=1S/C14H15N3O7/c1-2-23-14(20)8-7-12(18)15-16-13(19)9-24-11-5-3-10(4-6-11)17(21)22/h3-8H,2,9H2,1H3,(H,15,18)(H,16,19). The van der Waals surface area contributed by atoms with Gasteiger partial charge >= 0.3 is 5.97 Å². The molecule has 128 valence electrons.